The van der Waals surface area contributed by atoms with E-state index in [0.717, 1.165) is 5.56 Å². The SMILES string of the molecule is CCNC(=O)[C@@H]1C[C@@H](N)CN1S(=O)(=O)c1c(C)cc(OC)c(C)c1C. The lowest BCUT2D eigenvalue weighted by molar-refractivity contribution is -0.124. The molecule has 3 N–H and O–H groups in total. The summed E-state index contributed by atoms with van der Waals surface area (Å²) in [5, 5.41) is 2.70. The first-order valence-corrected chi connectivity index (χ1v) is 9.79. The molecule has 0 spiro atoms. The molecule has 1 aliphatic rings. The van der Waals surface area contributed by atoms with Crippen molar-refractivity contribution in [1.82, 2.24) is 9.62 Å². The highest BCUT2D eigenvalue weighted by Gasteiger charge is 2.43. The average Bonchev–Trinajstić information content (AvgIpc) is 2.94. The van der Waals surface area contributed by atoms with Crippen molar-refractivity contribution in [1.29, 1.82) is 0 Å². The molecule has 25 heavy (non-hydrogen) atoms. The smallest absolute Gasteiger partial charge is 0.244 e. The van der Waals surface area contributed by atoms with E-state index in [2.05, 4.69) is 5.32 Å². The lowest BCUT2D eigenvalue weighted by Crippen LogP contribution is -2.46. The summed E-state index contributed by atoms with van der Waals surface area (Å²) in [6.07, 6.45) is 0.318. The number of ether oxygens (including phenoxy) is 1. The van der Waals surface area contributed by atoms with Gasteiger partial charge in [-0.25, -0.2) is 8.42 Å². The number of nitrogens with zero attached hydrogens (tertiary/aromatic N) is 1. The third-order valence-corrected chi connectivity index (χ3v) is 6.87. The lowest BCUT2D eigenvalue weighted by atomic mass is 10.1. The van der Waals surface area contributed by atoms with Gasteiger partial charge in [-0.1, -0.05) is 0 Å². The fourth-order valence-corrected chi connectivity index (χ4v) is 5.53. The third-order valence-electron chi connectivity index (χ3n) is 4.71. The summed E-state index contributed by atoms with van der Waals surface area (Å²) in [5.41, 5.74) is 7.96. The molecule has 0 saturated carbocycles. The van der Waals surface area contributed by atoms with Gasteiger partial charge in [-0.2, -0.15) is 4.31 Å². The molecule has 1 aromatic carbocycles. The molecule has 1 heterocycles. The summed E-state index contributed by atoms with van der Waals surface area (Å²) in [7, 11) is -2.30. The second-order valence-corrected chi connectivity index (χ2v) is 8.28. The number of likely N-dealkylation sites (N-methyl/N-ethyl adjacent to an activating group) is 1. The molecule has 0 radical (unpaired) electrons. The zero-order valence-corrected chi connectivity index (χ0v) is 16.2. The predicted octanol–water partition coefficient (Wildman–Crippen LogP) is 0.847. The van der Waals surface area contributed by atoms with Crippen LogP contribution in [0.5, 0.6) is 5.75 Å². The van der Waals surface area contributed by atoms with Gasteiger partial charge in [0.2, 0.25) is 15.9 Å². The molecule has 1 aromatic rings. The number of aryl methyl sites for hydroxylation is 1. The van der Waals surface area contributed by atoms with Gasteiger partial charge in [-0.3, -0.25) is 4.79 Å². The number of nitrogens with one attached hydrogen (secondary N) is 1. The minimum absolute atomic E-state index is 0.133. The minimum atomic E-state index is -3.86. The van der Waals surface area contributed by atoms with Crippen molar-refractivity contribution < 1.29 is 17.9 Å². The number of benzene rings is 1. The van der Waals surface area contributed by atoms with E-state index >= 15 is 0 Å². The van der Waals surface area contributed by atoms with E-state index in [4.69, 9.17) is 10.5 Å². The van der Waals surface area contributed by atoms with Crippen LogP contribution in [0.1, 0.15) is 30.0 Å². The van der Waals surface area contributed by atoms with Crippen LogP contribution in [0.4, 0.5) is 0 Å². The fourth-order valence-electron chi connectivity index (χ4n) is 3.38. The zero-order chi connectivity index (χ0) is 18.9. The van der Waals surface area contributed by atoms with Crippen molar-refractivity contribution in [3.63, 3.8) is 0 Å². The highest BCUT2D eigenvalue weighted by molar-refractivity contribution is 7.89. The second kappa shape index (κ2) is 7.31. The first-order valence-electron chi connectivity index (χ1n) is 8.35. The van der Waals surface area contributed by atoms with Crippen LogP contribution in [0.15, 0.2) is 11.0 Å². The molecule has 0 aliphatic carbocycles. The van der Waals surface area contributed by atoms with Gasteiger partial charge in [0.1, 0.15) is 11.8 Å². The van der Waals surface area contributed by atoms with Gasteiger partial charge < -0.3 is 15.8 Å². The quantitative estimate of drug-likeness (QED) is 0.801. The van der Waals surface area contributed by atoms with E-state index in [-0.39, 0.29) is 23.4 Å². The van der Waals surface area contributed by atoms with Gasteiger partial charge in [-0.15, -0.1) is 0 Å². The number of carbonyl (C=O) groups excluding carboxylic acids is 1. The van der Waals surface area contributed by atoms with E-state index in [1.807, 2.05) is 6.92 Å². The highest BCUT2D eigenvalue weighted by atomic mass is 32.2. The maximum Gasteiger partial charge on any atom is 0.244 e. The Morgan fingerprint density at radius 3 is 2.56 bits per heavy atom. The van der Waals surface area contributed by atoms with E-state index in [1.165, 1.54) is 4.31 Å². The Morgan fingerprint density at radius 1 is 1.36 bits per heavy atom. The van der Waals surface area contributed by atoms with E-state index in [9.17, 15) is 13.2 Å². The third kappa shape index (κ3) is 3.51. The molecule has 0 unspecified atom stereocenters. The first-order chi connectivity index (χ1) is 11.6. The van der Waals surface area contributed by atoms with E-state index in [1.54, 1.807) is 33.9 Å². The summed E-state index contributed by atoms with van der Waals surface area (Å²) in [5.74, 6) is 0.340. The molecule has 1 saturated heterocycles. The molecule has 1 aliphatic heterocycles. The summed E-state index contributed by atoms with van der Waals surface area (Å²) < 4.78 is 33.2. The monoisotopic (exact) mass is 369 g/mol. The Hall–Kier alpha value is -1.64. The van der Waals surface area contributed by atoms with Crippen LogP contribution < -0.4 is 15.8 Å². The maximum absolute atomic E-state index is 13.3. The molecule has 7 nitrogen and oxygen atoms in total. The molecule has 140 valence electrons. The molecule has 2 atom stereocenters. The average molecular weight is 369 g/mol. The number of hydrogen-bond acceptors (Lipinski definition) is 5. The Kier molecular flexibility index (Phi) is 5.75. The number of methoxy groups -OCH3 is 1. The van der Waals surface area contributed by atoms with Gasteiger partial charge in [0.15, 0.2) is 0 Å². The largest absolute Gasteiger partial charge is 0.496 e. The Bertz CT molecular complexity index is 777. The lowest BCUT2D eigenvalue weighted by Gasteiger charge is -2.26. The first kappa shape index (κ1) is 19.7. The van der Waals surface area contributed by atoms with Crippen LogP contribution >= 0.6 is 0 Å². The summed E-state index contributed by atoms with van der Waals surface area (Å²) in [4.78, 5) is 12.6. The fraction of sp³-hybridized carbons (Fsp3) is 0.588. The van der Waals surface area contributed by atoms with Crippen LogP contribution in [0.25, 0.3) is 0 Å². The number of carbonyl (C=O) groups is 1. The van der Waals surface area contributed by atoms with Crippen LogP contribution in [-0.2, 0) is 14.8 Å². The summed E-state index contributed by atoms with van der Waals surface area (Å²) in [6, 6.07) is 0.579. The summed E-state index contributed by atoms with van der Waals surface area (Å²) >= 11 is 0. The Balaban J connectivity index is 2.54. The van der Waals surface area contributed by atoms with Crippen molar-refractivity contribution in [3.05, 3.63) is 22.8 Å². The van der Waals surface area contributed by atoms with Gasteiger partial charge >= 0.3 is 0 Å². The number of hydrogen-bond donors (Lipinski definition) is 2. The number of sulfonamides is 1. The maximum atomic E-state index is 13.3. The van der Waals surface area contributed by atoms with Crippen LogP contribution in [0.3, 0.4) is 0 Å². The number of amides is 1. The topological polar surface area (TPSA) is 102 Å². The van der Waals surface area contributed by atoms with Gasteiger partial charge in [0, 0.05) is 19.1 Å². The molecular formula is C17H27N3O4S. The summed E-state index contributed by atoms with van der Waals surface area (Å²) in [6.45, 7) is 7.69. The van der Waals surface area contributed by atoms with Crippen molar-refractivity contribution in [3.8, 4) is 5.75 Å². The van der Waals surface area contributed by atoms with Crippen molar-refractivity contribution in [2.24, 2.45) is 5.73 Å². The molecule has 1 amide bonds. The number of nitrogens with two attached hydrogens (primary N) is 1. The predicted molar refractivity (Wildman–Crippen MR) is 96.2 cm³/mol. The van der Waals surface area contributed by atoms with Crippen molar-refractivity contribution in [2.75, 3.05) is 20.2 Å². The Labute approximate surface area is 149 Å². The van der Waals surface area contributed by atoms with Gasteiger partial charge in [0.05, 0.1) is 12.0 Å². The molecule has 0 bridgehead atoms. The van der Waals surface area contributed by atoms with Crippen molar-refractivity contribution >= 4 is 15.9 Å². The van der Waals surface area contributed by atoms with E-state index in [0.29, 0.717) is 29.8 Å². The molecular weight excluding hydrogens is 342 g/mol. The molecule has 2 rings (SSSR count). The van der Waals surface area contributed by atoms with Crippen LogP contribution in [0.2, 0.25) is 0 Å². The van der Waals surface area contributed by atoms with Crippen molar-refractivity contribution in [2.45, 2.75) is 51.1 Å². The highest BCUT2D eigenvalue weighted by Crippen LogP contribution is 2.34. The van der Waals surface area contributed by atoms with Crippen LogP contribution in [-0.4, -0.2) is 50.9 Å². The normalized spacial score (nSPS) is 21.4. The zero-order valence-electron chi connectivity index (χ0n) is 15.4. The van der Waals surface area contributed by atoms with Crippen LogP contribution in [0, 0.1) is 20.8 Å². The number of rotatable bonds is 5. The molecule has 0 aromatic heterocycles. The van der Waals surface area contributed by atoms with Gasteiger partial charge in [0.25, 0.3) is 0 Å². The second-order valence-electron chi connectivity index (χ2n) is 6.46. The van der Waals surface area contributed by atoms with E-state index < -0.39 is 16.1 Å². The standard InChI is InChI=1S/C17H27N3O4S/c1-6-19-17(21)14-8-13(18)9-20(14)25(22,23)16-10(2)7-15(24-5)11(3)12(16)4/h7,13-14H,6,8-9,18H2,1-5H3,(H,19,21)/t13-,14+/m1/s1. The van der Waals surface area contributed by atoms with Gasteiger partial charge in [-0.05, 0) is 56.9 Å². The Morgan fingerprint density at radius 2 is 2.00 bits per heavy atom. The molecule has 8 heteroatoms. The minimum Gasteiger partial charge on any atom is -0.496 e. The molecule has 1 fully saturated rings.